The zero-order valence-electron chi connectivity index (χ0n) is 30.8. The third-order valence-electron chi connectivity index (χ3n) is 9.21. The fraction of sp³-hybridized carbons (Fsp3) is 0.302. The molecule has 2 aliphatic heterocycles. The second-order valence-corrected chi connectivity index (χ2v) is 13.1. The maximum Gasteiger partial charge on any atom is 0.338 e. The summed E-state index contributed by atoms with van der Waals surface area (Å²) in [5, 5.41) is 21.9. The maximum atomic E-state index is 13.8. The first-order valence-electron chi connectivity index (χ1n) is 18.2. The molecule has 0 bridgehead atoms. The van der Waals surface area contributed by atoms with E-state index in [-0.39, 0.29) is 28.9 Å². The number of carbonyl (C=O) groups is 4. The second-order valence-electron chi connectivity index (χ2n) is 13.1. The van der Waals surface area contributed by atoms with E-state index in [4.69, 9.17) is 37.9 Å². The molecule has 0 spiro atoms. The van der Waals surface area contributed by atoms with Gasteiger partial charge in [-0.2, -0.15) is 0 Å². The molecule has 0 radical (unpaired) electrons. The van der Waals surface area contributed by atoms with Crippen LogP contribution in [0.15, 0.2) is 134 Å². The number of esters is 4. The molecular weight excluding hydrogens is 740 g/mol. The lowest BCUT2D eigenvalue weighted by atomic mass is 9.96. The number of ether oxygens (including phenoxy) is 8. The molecule has 0 amide bonds. The Kier molecular flexibility index (Phi) is 13.9. The smallest absolute Gasteiger partial charge is 0.338 e. The average Bonchev–Trinajstić information content (AvgIpc) is 3.25. The molecule has 0 saturated carbocycles. The number of benzene rings is 4. The summed E-state index contributed by atoms with van der Waals surface area (Å²) in [6.45, 7) is 4.38. The van der Waals surface area contributed by atoms with E-state index in [0.717, 1.165) is 0 Å². The van der Waals surface area contributed by atoms with Crippen LogP contribution in [0.4, 0.5) is 0 Å². The van der Waals surface area contributed by atoms with Crippen molar-refractivity contribution >= 4 is 23.9 Å². The van der Waals surface area contributed by atoms with Crippen LogP contribution in [0, 0.1) is 0 Å². The molecule has 14 heteroatoms. The Bertz CT molecular complexity index is 1940. The highest BCUT2D eigenvalue weighted by Crippen LogP contribution is 2.35. The van der Waals surface area contributed by atoms with Crippen molar-refractivity contribution in [1.82, 2.24) is 0 Å². The van der Waals surface area contributed by atoms with E-state index in [9.17, 15) is 29.4 Å². The molecule has 57 heavy (non-hydrogen) atoms. The summed E-state index contributed by atoms with van der Waals surface area (Å²) < 4.78 is 48.3. The Balaban J connectivity index is 1.41. The summed E-state index contributed by atoms with van der Waals surface area (Å²) in [6.07, 6.45) is -13.6. The summed E-state index contributed by atoms with van der Waals surface area (Å²) in [4.78, 5) is 54.5. The molecule has 10 atom stereocenters. The van der Waals surface area contributed by atoms with Crippen LogP contribution < -0.4 is 0 Å². The first-order chi connectivity index (χ1) is 27.7. The summed E-state index contributed by atoms with van der Waals surface area (Å²) in [5.74, 6) is -3.35. The molecule has 0 aliphatic carbocycles. The van der Waals surface area contributed by atoms with Gasteiger partial charge >= 0.3 is 23.9 Å². The van der Waals surface area contributed by atoms with Crippen LogP contribution in [0.2, 0.25) is 0 Å². The van der Waals surface area contributed by atoms with Crippen LogP contribution in [-0.4, -0.2) is 109 Å². The van der Waals surface area contributed by atoms with Crippen LogP contribution in [0.1, 0.15) is 48.4 Å². The van der Waals surface area contributed by atoms with E-state index in [2.05, 4.69) is 6.58 Å². The van der Waals surface area contributed by atoms with Gasteiger partial charge in [-0.05, 0) is 55.5 Å². The second kappa shape index (κ2) is 19.4. The maximum absolute atomic E-state index is 13.8. The minimum absolute atomic E-state index is 0.0920. The summed E-state index contributed by atoms with van der Waals surface area (Å²) in [6, 6.07) is 32.0. The normalized spacial score (nSPS) is 27.0. The monoisotopic (exact) mass is 782 g/mol. The Morgan fingerprint density at radius 2 is 0.965 bits per heavy atom. The lowest BCUT2D eigenvalue weighted by Gasteiger charge is -2.48. The van der Waals surface area contributed by atoms with E-state index in [1.54, 1.807) is 72.8 Å². The fourth-order valence-corrected chi connectivity index (χ4v) is 6.34. The molecule has 2 aliphatic rings. The van der Waals surface area contributed by atoms with Gasteiger partial charge < -0.3 is 48.1 Å². The molecule has 6 rings (SSSR count). The topological polar surface area (TPSA) is 183 Å². The van der Waals surface area contributed by atoms with Crippen molar-refractivity contribution in [3.05, 3.63) is 156 Å². The van der Waals surface area contributed by atoms with E-state index in [1.165, 1.54) is 61.5 Å². The molecule has 2 heterocycles. The van der Waals surface area contributed by atoms with Crippen LogP contribution in [0.5, 0.6) is 0 Å². The molecule has 298 valence electrons. The van der Waals surface area contributed by atoms with Gasteiger partial charge in [0.15, 0.2) is 37.0 Å². The largest absolute Gasteiger partial charge is 0.452 e. The van der Waals surface area contributed by atoms with Crippen LogP contribution in [-0.2, 0) is 37.9 Å². The Hall–Kier alpha value is -5.74. The van der Waals surface area contributed by atoms with Crippen molar-refractivity contribution in [2.75, 3.05) is 13.2 Å². The van der Waals surface area contributed by atoms with Gasteiger partial charge in [-0.15, -0.1) is 6.58 Å². The highest BCUT2D eigenvalue weighted by atomic mass is 16.8. The van der Waals surface area contributed by atoms with Crippen LogP contribution in [0.3, 0.4) is 0 Å². The highest BCUT2D eigenvalue weighted by Gasteiger charge is 2.56. The van der Waals surface area contributed by atoms with E-state index in [0.29, 0.717) is 0 Å². The lowest BCUT2D eigenvalue weighted by molar-refractivity contribution is -0.354. The molecular formula is C43H42O14. The minimum Gasteiger partial charge on any atom is -0.452 e. The summed E-state index contributed by atoms with van der Waals surface area (Å²) in [7, 11) is 0. The number of aliphatic hydroxyl groups is 2. The first-order valence-corrected chi connectivity index (χ1v) is 18.2. The summed E-state index contributed by atoms with van der Waals surface area (Å²) >= 11 is 0. The van der Waals surface area contributed by atoms with Gasteiger partial charge in [0.25, 0.3) is 0 Å². The Morgan fingerprint density at radius 1 is 0.579 bits per heavy atom. The quantitative estimate of drug-likeness (QED) is 0.105. The lowest BCUT2D eigenvalue weighted by Crippen LogP contribution is -2.66. The molecule has 0 aromatic heterocycles. The molecule has 14 nitrogen and oxygen atoms in total. The summed E-state index contributed by atoms with van der Waals surface area (Å²) in [5.41, 5.74) is 0.588. The molecule has 2 saturated heterocycles. The third kappa shape index (κ3) is 9.99. The number of hydrogen-bond acceptors (Lipinski definition) is 14. The zero-order chi connectivity index (χ0) is 40.3. The predicted octanol–water partition coefficient (Wildman–Crippen LogP) is 4.30. The van der Waals surface area contributed by atoms with Gasteiger partial charge in [0.05, 0.1) is 41.6 Å². The Labute approximate surface area is 328 Å². The van der Waals surface area contributed by atoms with Crippen molar-refractivity contribution in [1.29, 1.82) is 0 Å². The van der Waals surface area contributed by atoms with Gasteiger partial charge in [-0.3, -0.25) is 0 Å². The molecule has 4 aromatic rings. The van der Waals surface area contributed by atoms with Crippen molar-refractivity contribution in [3.63, 3.8) is 0 Å². The molecule has 4 aromatic carbocycles. The fourth-order valence-electron chi connectivity index (χ4n) is 6.34. The standard InChI is InChI=1S/C43H42O14/c1-3-24-50-42-36(55-40(48)29-20-12-6-13-21-29)34(32(45)31(25-44)52-42)57-43-37(56-41(49)30-22-14-7-15-23-30)35(54-39(47)28-18-10-5-11-19-28)33(26(2)51-43)53-38(46)27-16-8-4-9-17-27/h3-23,26,31-37,42-45H,1,24-25H2,2H3/t26-,31+,32+,33-,34-,35+,36+,37+,42-,43-/m0/s1. The third-order valence-corrected chi connectivity index (χ3v) is 9.21. The van der Waals surface area contributed by atoms with E-state index in [1.807, 2.05) is 0 Å². The molecule has 0 unspecified atom stereocenters. The number of aliphatic hydroxyl groups excluding tert-OH is 2. The SMILES string of the molecule is C=CCO[C@H]1O[C@H](CO)[C@@H](O)[C@H](O[C@@H]2O[C@@H](C)[C@H](OC(=O)c3ccccc3)[C@@H](OC(=O)c3ccccc3)[C@H]2OC(=O)c2ccccc2)[C@H]1OC(=O)c1ccccc1. The van der Waals surface area contributed by atoms with Crippen molar-refractivity contribution in [2.45, 2.75) is 68.3 Å². The number of carbonyl (C=O) groups excluding carboxylic acids is 4. The van der Waals surface area contributed by atoms with Crippen LogP contribution >= 0.6 is 0 Å². The van der Waals surface area contributed by atoms with Gasteiger partial charge in [0, 0.05) is 0 Å². The highest BCUT2D eigenvalue weighted by molar-refractivity contribution is 5.91. The first kappa shape index (κ1) is 40.9. The van der Waals surface area contributed by atoms with Crippen molar-refractivity contribution in [2.24, 2.45) is 0 Å². The van der Waals surface area contributed by atoms with E-state index < -0.39 is 91.9 Å². The van der Waals surface area contributed by atoms with Gasteiger partial charge in [-0.1, -0.05) is 78.9 Å². The number of rotatable bonds is 14. The zero-order valence-corrected chi connectivity index (χ0v) is 30.8. The molecule has 2 fully saturated rings. The average molecular weight is 783 g/mol. The number of hydrogen-bond donors (Lipinski definition) is 2. The predicted molar refractivity (Wildman–Crippen MR) is 200 cm³/mol. The van der Waals surface area contributed by atoms with E-state index >= 15 is 0 Å². The minimum atomic E-state index is -1.71. The van der Waals surface area contributed by atoms with Crippen molar-refractivity contribution in [3.8, 4) is 0 Å². The van der Waals surface area contributed by atoms with Gasteiger partial charge in [0.1, 0.15) is 18.3 Å². The Morgan fingerprint density at radius 3 is 1.37 bits per heavy atom. The van der Waals surface area contributed by atoms with Gasteiger partial charge in [-0.25, -0.2) is 19.2 Å². The van der Waals surface area contributed by atoms with Crippen LogP contribution in [0.25, 0.3) is 0 Å². The molecule has 2 N–H and O–H groups in total. The van der Waals surface area contributed by atoms with Gasteiger partial charge in [0.2, 0.25) is 0 Å². The van der Waals surface area contributed by atoms with Crippen molar-refractivity contribution < 1.29 is 67.3 Å².